The Morgan fingerprint density at radius 3 is 2.33 bits per heavy atom. The normalized spacial score (nSPS) is 18.8. The third-order valence-electron chi connectivity index (χ3n) is 4.42. The van der Waals surface area contributed by atoms with Crippen LogP contribution in [0.3, 0.4) is 0 Å². The molecule has 0 bridgehead atoms. The largest absolute Gasteiger partial charge is 0.330 e. The van der Waals surface area contributed by atoms with Gasteiger partial charge in [0.15, 0.2) is 0 Å². The summed E-state index contributed by atoms with van der Waals surface area (Å²) in [7, 11) is 0. The van der Waals surface area contributed by atoms with E-state index in [4.69, 9.17) is 5.73 Å². The number of nitrogens with two attached hydrogens (primary N) is 1. The van der Waals surface area contributed by atoms with Gasteiger partial charge in [-0.15, -0.1) is 0 Å². The number of benzene rings is 1. The summed E-state index contributed by atoms with van der Waals surface area (Å²) in [6.07, 6.45) is 9.38. The van der Waals surface area contributed by atoms with Gasteiger partial charge in [-0.2, -0.15) is 0 Å². The molecule has 0 aliphatic heterocycles. The van der Waals surface area contributed by atoms with Gasteiger partial charge in [-0.25, -0.2) is 0 Å². The molecular weight excluding hydrogens is 218 g/mol. The van der Waals surface area contributed by atoms with Gasteiger partial charge in [0.2, 0.25) is 0 Å². The second-order valence-electron chi connectivity index (χ2n) is 5.73. The van der Waals surface area contributed by atoms with Crippen LogP contribution in [-0.4, -0.2) is 6.54 Å². The smallest absolute Gasteiger partial charge is 0.000556 e. The fourth-order valence-electron chi connectivity index (χ4n) is 3.36. The summed E-state index contributed by atoms with van der Waals surface area (Å²) >= 11 is 0. The second-order valence-corrected chi connectivity index (χ2v) is 5.73. The van der Waals surface area contributed by atoms with Crippen LogP contribution in [0.25, 0.3) is 0 Å². The van der Waals surface area contributed by atoms with E-state index in [0.717, 1.165) is 12.5 Å². The zero-order valence-corrected chi connectivity index (χ0v) is 11.7. The number of aryl methyl sites for hydroxylation is 1. The maximum atomic E-state index is 6.03. The molecule has 1 heteroatoms. The summed E-state index contributed by atoms with van der Waals surface area (Å²) in [5.74, 6) is 1.40. The van der Waals surface area contributed by atoms with Gasteiger partial charge in [0.1, 0.15) is 0 Å². The van der Waals surface area contributed by atoms with E-state index < -0.39 is 0 Å². The molecule has 1 aromatic carbocycles. The molecule has 0 aromatic heterocycles. The summed E-state index contributed by atoms with van der Waals surface area (Å²) in [5.41, 5.74) is 8.95. The molecule has 0 heterocycles. The number of rotatable bonds is 5. The quantitative estimate of drug-likeness (QED) is 0.824. The van der Waals surface area contributed by atoms with E-state index >= 15 is 0 Å². The summed E-state index contributed by atoms with van der Waals surface area (Å²) in [5, 5.41) is 0. The molecule has 1 nitrogen and oxygen atoms in total. The van der Waals surface area contributed by atoms with Crippen molar-refractivity contribution in [2.45, 2.75) is 57.8 Å². The topological polar surface area (TPSA) is 26.0 Å². The minimum absolute atomic E-state index is 0.584. The predicted molar refractivity (Wildman–Crippen MR) is 78.8 cm³/mol. The molecule has 1 aromatic rings. The van der Waals surface area contributed by atoms with Crippen LogP contribution in [0.2, 0.25) is 0 Å². The van der Waals surface area contributed by atoms with Crippen LogP contribution in [0.4, 0.5) is 0 Å². The van der Waals surface area contributed by atoms with Crippen molar-refractivity contribution >= 4 is 0 Å². The van der Waals surface area contributed by atoms with Gasteiger partial charge in [0.25, 0.3) is 0 Å². The second kappa shape index (κ2) is 6.94. The van der Waals surface area contributed by atoms with Crippen molar-refractivity contribution in [1.29, 1.82) is 0 Å². The lowest BCUT2D eigenvalue weighted by Gasteiger charge is -2.29. The van der Waals surface area contributed by atoms with Crippen LogP contribution in [0.15, 0.2) is 24.3 Å². The van der Waals surface area contributed by atoms with E-state index in [-0.39, 0.29) is 0 Å². The lowest BCUT2D eigenvalue weighted by atomic mass is 9.77. The van der Waals surface area contributed by atoms with Crippen molar-refractivity contribution in [2.75, 3.05) is 6.54 Å². The molecule has 1 aliphatic rings. The molecule has 0 saturated heterocycles. The highest BCUT2D eigenvalue weighted by molar-refractivity contribution is 5.26. The highest BCUT2D eigenvalue weighted by atomic mass is 14.6. The molecule has 18 heavy (non-hydrogen) atoms. The van der Waals surface area contributed by atoms with Crippen LogP contribution in [0.5, 0.6) is 0 Å². The first-order valence-corrected chi connectivity index (χ1v) is 7.64. The maximum absolute atomic E-state index is 6.03. The standard InChI is InChI=1S/C17H27N/c1-2-6-14-9-11-16(12-10-14)17(13-18)15-7-4-3-5-8-15/h9-12,15,17H,2-8,13,18H2,1H3. The van der Waals surface area contributed by atoms with Crippen molar-refractivity contribution in [3.63, 3.8) is 0 Å². The molecular formula is C17H27N. The summed E-state index contributed by atoms with van der Waals surface area (Å²) in [4.78, 5) is 0. The average molecular weight is 245 g/mol. The Balaban J connectivity index is 2.06. The Hall–Kier alpha value is -0.820. The average Bonchev–Trinajstić information content (AvgIpc) is 2.43. The minimum Gasteiger partial charge on any atom is -0.330 e. The first-order valence-electron chi connectivity index (χ1n) is 7.64. The van der Waals surface area contributed by atoms with Crippen LogP contribution >= 0.6 is 0 Å². The van der Waals surface area contributed by atoms with Crippen molar-refractivity contribution in [2.24, 2.45) is 11.7 Å². The van der Waals surface area contributed by atoms with E-state index in [2.05, 4.69) is 31.2 Å². The first kappa shape index (κ1) is 13.6. The van der Waals surface area contributed by atoms with Crippen LogP contribution < -0.4 is 5.73 Å². The molecule has 1 saturated carbocycles. The predicted octanol–water partition coefficient (Wildman–Crippen LogP) is 4.26. The van der Waals surface area contributed by atoms with Gasteiger partial charge in [-0.05, 0) is 48.8 Å². The minimum atomic E-state index is 0.584. The molecule has 2 rings (SSSR count). The lowest BCUT2D eigenvalue weighted by Crippen LogP contribution is -2.23. The Labute approximate surface area is 112 Å². The third kappa shape index (κ3) is 3.35. The molecule has 0 radical (unpaired) electrons. The van der Waals surface area contributed by atoms with Gasteiger partial charge in [0.05, 0.1) is 0 Å². The van der Waals surface area contributed by atoms with E-state index in [1.807, 2.05) is 0 Å². The first-order chi connectivity index (χ1) is 8.85. The van der Waals surface area contributed by atoms with E-state index in [9.17, 15) is 0 Å². The lowest BCUT2D eigenvalue weighted by molar-refractivity contribution is 0.307. The molecule has 1 fully saturated rings. The highest BCUT2D eigenvalue weighted by Gasteiger charge is 2.23. The van der Waals surface area contributed by atoms with E-state index in [0.29, 0.717) is 5.92 Å². The SMILES string of the molecule is CCCc1ccc(C(CN)C2CCCCC2)cc1. The zero-order valence-electron chi connectivity index (χ0n) is 11.7. The van der Waals surface area contributed by atoms with Crippen molar-refractivity contribution in [1.82, 2.24) is 0 Å². The number of hydrogen-bond donors (Lipinski definition) is 1. The Morgan fingerprint density at radius 2 is 1.78 bits per heavy atom. The van der Waals surface area contributed by atoms with Crippen molar-refractivity contribution in [3.05, 3.63) is 35.4 Å². The van der Waals surface area contributed by atoms with Crippen molar-refractivity contribution < 1.29 is 0 Å². The molecule has 2 N–H and O–H groups in total. The summed E-state index contributed by atoms with van der Waals surface area (Å²) in [6.45, 7) is 3.04. The Bertz CT molecular complexity index is 335. The summed E-state index contributed by atoms with van der Waals surface area (Å²) in [6, 6.07) is 9.23. The van der Waals surface area contributed by atoms with Gasteiger partial charge in [-0.1, -0.05) is 56.9 Å². The summed E-state index contributed by atoms with van der Waals surface area (Å²) < 4.78 is 0. The molecule has 0 amide bonds. The molecule has 0 spiro atoms. The maximum Gasteiger partial charge on any atom is -0.000556 e. The monoisotopic (exact) mass is 245 g/mol. The van der Waals surface area contributed by atoms with Crippen LogP contribution in [0, 0.1) is 5.92 Å². The van der Waals surface area contributed by atoms with Gasteiger partial charge < -0.3 is 5.73 Å². The molecule has 100 valence electrons. The fourth-order valence-corrected chi connectivity index (χ4v) is 3.36. The highest BCUT2D eigenvalue weighted by Crippen LogP contribution is 2.35. The van der Waals surface area contributed by atoms with E-state index in [1.54, 1.807) is 0 Å². The fraction of sp³-hybridized carbons (Fsp3) is 0.647. The van der Waals surface area contributed by atoms with Gasteiger partial charge >= 0.3 is 0 Å². The molecule has 1 unspecified atom stereocenters. The van der Waals surface area contributed by atoms with Gasteiger partial charge in [0, 0.05) is 0 Å². The van der Waals surface area contributed by atoms with E-state index in [1.165, 1.54) is 56.1 Å². The van der Waals surface area contributed by atoms with Crippen molar-refractivity contribution in [3.8, 4) is 0 Å². The number of hydrogen-bond acceptors (Lipinski definition) is 1. The molecule has 1 atom stereocenters. The molecule has 1 aliphatic carbocycles. The van der Waals surface area contributed by atoms with Gasteiger partial charge in [-0.3, -0.25) is 0 Å². The zero-order chi connectivity index (χ0) is 12.8. The van der Waals surface area contributed by atoms with Crippen LogP contribution in [0.1, 0.15) is 62.5 Å². The Morgan fingerprint density at radius 1 is 1.11 bits per heavy atom. The Kier molecular flexibility index (Phi) is 5.25. The van der Waals surface area contributed by atoms with Crippen LogP contribution in [-0.2, 0) is 6.42 Å². The third-order valence-corrected chi connectivity index (χ3v) is 4.42.